The van der Waals surface area contributed by atoms with Crippen LogP contribution in [0.15, 0.2) is 63.0 Å². The molecule has 2 aromatic carbocycles. The first-order valence-electron chi connectivity index (χ1n) is 9.39. The number of anilines is 1. The topological polar surface area (TPSA) is 73.2 Å². The van der Waals surface area contributed by atoms with Gasteiger partial charge in [0, 0.05) is 25.1 Å². The van der Waals surface area contributed by atoms with Crippen molar-refractivity contribution in [2.24, 2.45) is 7.05 Å². The molecule has 0 saturated heterocycles. The van der Waals surface area contributed by atoms with Crippen LogP contribution in [-0.4, -0.2) is 22.6 Å². The lowest BCUT2D eigenvalue weighted by Gasteiger charge is -2.27. The number of thioether (sulfide) groups is 1. The summed E-state index contributed by atoms with van der Waals surface area (Å²) < 4.78 is 7.86. The van der Waals surface area contributed by atoms with Crippen LogP contribution in [0, 0.1) is 0 Å². The molecular formula is C22H20BrN3O3S. The zero-order valence-electron chi connectivity index (χ0n) is 16.5. The average Bonchev–Trinajstić information content (AvgIpc) is 2.75. The van der Waals surface area contributed by atoms with Crippen LogP contribution >= 0.6 is 27.7 Å². The number of aromatic nitrogens is 2. The van der Waals surface area contributed by atoms with Crippen LogP contribution in [-0.2, 0) is 17.6 Å². The summed E-state index contributed by atoms with van der Waals surface area (Å²) in [6.07, 6.45) is 0.194. The van der Waals surface area contributed by atoms with E-state index in [0.717, 1.165) is 15.6 Å². The van der Waals surface area contributed by atoms with Gasteiger partial charge in [-0.15, -0.1) is 0 Å². The minimum atomic E-state index is -0.365. The standard InChI is InChI=1S/C22H20BrN3O3S/c1-26-20-19(21(28)25-22(26)30-12-13-6-4-3-5-7-13)15(11-18(27)24-20)14-8-9-17(29-2)16(23)10-14/h3-10,15H,11-12H2,1-2H3,(H,24,27)/t15-/m0/s1. The van der Waals surface area contributed by atoms with Crippen molar-refractivity contribution in [2.45, 2.75) is 23.2 Å². The van der Waals surface area contributed by atoms with Gasteiger partial charge in [-0.3, -0.25) is 9.59 Å². The second-order valence-electron chi connectivity index (χ2n) is 6.99. The summed E-state index contributed by atoms with van der Waals surface area (Å²) in [5.74, 6) is 1.40. The number of amides is 1. The van der Waals surface area contributed by atoms with Gasteiger partial charge in [0.25, 0.3) is 5.56 Å². The summed E-state index contributed by atoms with van der Waals surface area (Å²) >= 11 is 4.96. The molecule has 154 valence electrons. The van der Waals surface area contributed by atoms with Crippen LogP contribution in [0.25, 0.3) is 0 Å². The van der Waals surface area contributed by atoms with E-state index in [0.29, 0.717) is 28.0 Å². The number of carbonyl (C=O) groups is 1. The minimum Gasteiger partial charge on any atom is -0.496 e. The number of methoxy groups -OCH3 is 1. The molecule has 0 fully saturated rings. The maximum Gasteiger partial charge on any atom is 0.279 e. The fraction of sp³-hybridized carbons (Fsp3) is 0.227. The van der Waals surface area contributed by atoms with Crippen molar-refractivity contribution in [2.75, 3.05) is 12.4 Å². The second kappa shape index (κ2) is 8.65. The van der Waals surface area contributed by atoms with Gasteiger partial charge in [0.2, 0.25) is 5.91 Å². The highest BCUT2D eigenvalue weighted by Crippen LogP contribution is 2.38. The molecule has 2 heterocycles. The molecule has 30 heavy (non-hydrogen) atoms. The van der Waals surface area contributed by atoms with E-state index in [-0.39, 0.29) is 23.8 Å². The highest BCUT2D eigenvalue weighted by Gasteiger charge is 2.32. The van der Waals surface area contributed by atoms with Crippen molar-refractivity contribution in [1.29, 1.82) is 0 Å². The van der Waals surface area contributed by atoms with Gasteiger partial charge in [-0.2, -0.15) is 4.98 Å². The number of benzene rings is 2. The Kier molecular flexibility index (Phi) is 5.97. The third-order valence-corrected chi connectivity index (χ3v) is 6.81. The van der Waals surface area contributed by atoms with Crippen LogP contribution in [0.5, 0.6) is 5.75 Å². The van der Waals surface area contributed by atoms with Gasteiger partial charge in [0.1, 0.15) is 11.6 Å². The van der Waals surface area contributed by atoms with Crippen molar-refractivity contribution in [3.8, 4) is 5.75 Å². The number of halogens is 1. The van der Waals surface area contributed by atoms with Crippen LogP contribution in [0.3, 0.4) is 0 Å². The molecule has 0 bridgehead atoms. The summed E-state index contributed by atoms with van der Waals surface area (Å²) in [5.41, 5.74) is 2.20. The van der Waals surface area contributed by atoms with E-state index in [1.54, 1.807) is 11.7 Å². The molecule has 4 rings (SSSR count). The van der Waals surface area contributed by atoms with E-state index in [1.807, 2.05) is 55.6 Å². The van der Waals surface area contributed by atoms with Crippen molar-refractivity contribution in [3.05, 3.63) is 80.0 Å². The smallest absolute Gasteiger partial charge is 0.279 e. The van der Waals surface area contributed by atoms with E-state index >= 15 is 0 Å². The quantitative estimate of drug-likeness (QED) is 0.430. The molecular weight excluding hydrogens is 466 g/mol. The number of rotatable bonds is 5. The maximum absolute atomic E-state index is 13.0. The number of fused-ring (bicyclic) bond motifs is 1. The summed E-state index contributed by atoms with van der Waals surface area (Å²) in [6, 6.07) is 15.6. The van der Waals surface area contributed by atoms with E-state index in [9.17, 15) is 9.59 Å². The van der Waals surface area contributed by atoms with Gasteiger partial charge in [0.15, 0.2) is 5.16 Å². The number of ether oxygens (including phenoxy) is 1. The van der Waals surface area contributed by atoms with Crippen LogP contribution in [0.4, 0.5) is 5.82 Å². The number of carbonyl (C=O) groups excluding carboxylic acids is 1. The van der Waals surface area contributed by atoms with Gasteiger partial charge >= 0.3 is 0 Å². The molecule has 0 saturated carbocycles. The maximum atomic E-state index is 13.0. The first-order valence-corrected chi connectivity index (χ1v) is 11.2. The van der Waals surface area contributed by atoms with E-state index < -0.39 is 0 Å². The highest BCUT2D eigenvalue weighted by molar-refractivity contribution is 9.10. The molecule has 1 atom stereocenters. The summed E-state index contributed by atoms with van der Waals surface area (Å²) in [4.78, 5) is 29.8. The molecule has 6 nitrogen and oxygen atoms in total. The third-order valence-electron chi connectivity index (χ3n) is 5.09. The molecule has 0 aliphatic carbocycles. The number of nitrogens with zero attached hydrogens (tertiary/aromatic N) is 2. The Balaban J connectivity index is 1.73. The lowest BCUT2D eigenvalue weighted by atomic mass is 9.87. The summed E-state index contributed by atoms with van der Waals surface area (Å²) in [6.45, 7) is 0. The minimum absolute atomic E-state index is 0.125. The molecule has 8 heteroatoms. The van der Waals surface area contributed by atoms with Crippen molar-refractivity contribution in [1.82, 2.24) is 9.55 Å². The Bertz CT molecular complexity index is 1160. The Hall–Kier alpha value is -2.58. The molecule has 1 N–H and O–H groups in total. The van der Waals surface area contributed by atoms with Crippen molar-refractivity contribution in [3.63, 3.8) is 0 Å². The fourth-order valence-electron chi connectivity index (χ4n) is 3.57. The van der Waals surface area contributed by atoms with Crippen molar-refractivity contribution >= 4 is 39.4 Å². The largest absolute Gasteiger partial charge is 0.496 e. The SMILES string of the molecule is COc1ccc([C@@H]2CC(=O)Nc3c2c(=O)nc(SCc2ccccc2)n3C)cc1Br. The highest BCUT2D eigenvalue weighted by atomic mass is 79.9. The molecule has 0 unspecified atom stereocenters. The number of hydrogen-bond acceptors (Lipinski definition) is 5. The van der Waals surface area contributed by atoms with Gasteiger partial charge in [-0.05, 0) is 39.2 Å². The lowest BCUT2D eigenvalue weighted by molar-refractivity contribution is -0.116. The predicted octanol–water partition coefficient (Wildman–Crippen LogP) is 4.32. The van der Waals surface area contributed by atoms with Crippen molar-refractivity contribution < 1.29 is 9.53 Å². The fourth-order valence-corrected chi connectivity index (χ4v) is 5.05. The number of nitrogens with one attached hydrogen (secondary N) is 1. The van der Waals surface area contributed by atoms with Gasteiger partial charge in [0.05, 0.1) is 17.1 Å². The first kappa shape index (κ1) is 20.7. The van der Waals surface area contributed by atoms with E-state index in [2.05, 4.69) is 26.2 Å². The molecule has 1 aliphatic rings. The Morgan fingerprint density at radius 3 is 2.70 bits per heavy atom. The van der Waals surface area contributed by atoms with Gasteiger partial charge < -0.3 is 14.6 Å². The zero-order chi connectivity index (χ0) is 21.3. The van der Waals surface area contributed by atoms with E-state index in [4.69, 9.17) is 4.74 Å². The average molecular weight is 486 g/mol. The normalized spacial score (nSPS) is 15.4. The lowest BCUT2D eigenvalue weighted by Crippen LogP contribution is -2.33. The van der Waals surface area contributed by atoms with Crippen LogP contribution in [0.1, 0.15) is 29.0 Å². The Labute approximate surface area is 186 Å². The summed E-state index contributed by atoms with van der Waals surface area (Å²) in [5, 5.41) is 3.45. The molecule has 0 spiro atoms. The second-order valence-corrected chi connectivity index (χ2v) is 8.79. The number of hydrogen-bond donors (Lipinski definition) is 1. The Morgan fingerprint density at radius 1 is 1.23 bits per heavy atom. The zero-order valence-corrected chi connectivity index (χ0v) is 18.9. The first-order chi connectivity index (χ1) is 14.5. The van der Waals surface area contributed by atoms with Crippen LogP contribution < -0.4 is 15.6 Å². The van der Waals surface area contributed by atoms with Crippen LogP contribution in [0.2, 0.25) is 0 Å². The van der Waals surface area contributed by atoms with Gasteiger partial charge in [-0.1, -0.05) is 48.2 Å². The molecule has 3 aromatic rings. The monoisotopic (exact) mass is 485 g/mol. The molecule has 1 amide bonds. The predicted molar refractivity (Wildman–Crippen MR) is 121 cm³/mol. The van der Waals surface area contributed by atoms with E-state index in [1.165, 1.54) is 11.8 Å². The summed E-state index contributed by atoms with van der Waals surface area (Å²) in [7, 11) is 3.42. The molecule has 1 aromatic heterocycles. The third kappa shape index (κ3) is 4.02. The van der Waals surface area contributed by atoms with Gasteiger partial charge in [-0.25, -0.2) is 0 Å². The molecule has 0 radical (unpaired) electrons. The Morgan fingerprint density at radius 2 is 2.00 bits per heavy atom. The molecule has 1 aliphatic heterocycles.